The first-order valence-corrected chi connectivity index (χ1v) is 5.88. The highest BCUT2D eigenvalue weighted by atomic mass is 16.5. The van der Waals surface area contributed by atoms with E-state index in [9.17, 15) is 4.79 Å². The number of nitrogens with one attached hydrogen (secondary N) is 2. The summed E-state index contributed by atoms with van der Waals surface area (Å²) in [4.78, 5) is 18.5. The maximum Gasteiger partial charge on any atom is 0.228 e. The van der Waals surface area contributed by atoms with Crippen molar-refractivity contribution in [1.29, 1.82) is 0 Å². The number of ether oxygens (including phenoxy) is 1. The monoisotopic (exact) mass is 260 g/mol. The summed E-state index contributed by atoms with van der Waals surface area (Å²) in [5.41, 5.74) is 6.86. The van der Waals surface area contributed by atoms with Gasteiger partial charge in [-0.15, -0.1) is 0 Å². The van der Waals surface area contributed by atoms with Crippen LogP contribution in [0.25, 0.3) is 0 Å². The molecule has 1 heterocycles. The number of aromatic amines is 1. The van der Waals surface area contributed by atoms with Crippen molar-refractivity contribution in [2.45, 2.75) is 12.5 Å². The number of benzene rings is 1. The minimum Gasteiger partial charge on any atom is -0.497 e. The van der Waals surface area contributed by atoms with Crippen LogP contribution in [0.1, 0.15) is 18.0 Å². The van der Waals surface area contributed by atoms with Crippen LogP contribution in [0, 0.1) is 0 Å². The molecular formula is C13H16N4O2. The Kier molecular flexibility index (Phi) is 4.15. The van der Waals surface area contributed by atoms with Gasteiger partial charge in [0.05, 0.1) is 7.11 Å². The number of nitrogens with zero attached hydrogens (tertiary/aromatic N) is 1. The SMILES string of the molecule is COc1cccc(C(N)CC(=O)Nc2ncc[nH]2)c1. The van der Waals surface area contributed by atoms with Crippen molar-refractivity contribution < 1.29 is 9.53 Å². The lowest BCUT2D eigenvalue weighted by Crippen LogP contribution is -2.21. The molecule has 0 aliphatic rings. The molecule has 19 heavy (non-hydrogen) atoms. The van der Waals surface area contributed by atoms with Gasteiger partial charge < -0.3 is 15.5 Å². The van der Waals surface area contributed by atoms with Gasteiger partial charge >= 0.3 is 0 Å². The number of rotatable bonds is 5. The number of carbonyl (C=O) groups excluding carboxylic acids is 1. The second kappa shape index (κ2) is 6.01. The third-order valence-electron chi connectivity index (χ3n) is 2.68. The van der Waals surface area contributed by atoms with Gasteiger partial charge in [-0.2, -0.15) is 0 Å². The first-order valence-electron chi connectivity index (χ1n) is 5.88. The number of nitrogens with two attached hydrogens (primary N) is 1. The van der Waals surface area contributed by atoms with Crippen molar-refractivity contribution in [1.82, 2.24) is 9.97 Å². The van der Waals surface area contributed by atoms with E-state index < -0.39 is 0 Å². The van der Waals surface area contributed by atoms with Crippen LogP contribution in [0.2, 0.25) is 0 Å². The highest BCUT2D eigenvalue weighted by molar-refractivity contribution is 5.89. The number of imidazole rings is 1. The van der Waals surface area contributed by atoms with E-state index in [4.69, 9.17) is 10.5 Å². The normalized spacial score (nSPS) is 11.9. The second-order valence-corrected chi connectivity index (χ2v) is 4.07. The van der Waals surface area contributed by atoms with Gasteiger partial charge in [-0.1, -0.05) is 12.1 Å². The lowest BCUT2D eigenvalue weighted by molar-refractivity contribution is -0.116. The maximum absolute atomic E-state index is 11.8. The molecule has 0 aliphatic carbocycles. The van der Waals surface area contributed by atoms with E-state index in [0.29, 0.717) is 5.95 Å². The Hall–Kier alpha value is -2.34. The van der Waals surface area contributed by atoms with Gasteiger partial charge in [-0.05, 0) is 17.7 Å². The second-order valence-electron chi connectivity index (χ2n) is 4.07. The zero-order valence-electron chi connectivity index (χ0n) is 10.6. The number of aromatic nitrogens is 2. The van der Waals surface area contributed by atoms with Gasteiger partial charge in [0.1, 0.15) is 5.75 Å². The first-order chi connectivity index (χ1) is 9.19. The maximum atomic E-state index is 11.8. The van der Waals surface area contributed by atoms with Crippen molar-refractivity contribution in [2.75, 3.05) is 12.4 Å². The highest BCUT2D eigenvalue weighted by Gasteiger charge is 2.13. The molecule has 6 heteroatoms. The van der Waals surface area contributed by atoms with Crippen LogP contribution in [0.3, 0.4) is 0 Å². The Bertz CT molecular complexity index is 539. The van der Waals surface area contributed by atoms with Crippen molar-refractivity contribution in [3.63, 3.8) is 0 Å². The Balaban J connectivity index is 1.96. The Morgan fingerprint density at radius 3 is 3.11 bits per heavy atom. The summed E-state index contributed by atoms with van der Waals surface area (Å²) in [5.74, 6) is 0.951. The summed E-state index contributed by atoms with van der Waals surface area (Å²) < 4.78 is 5.12. The standard InChI is InChI=1S/C13H16N4O2/c1-19-10-4-2-3-9(7-10)11(14)8-12(18)17-13-15-5-6-16-13/h2-7,11H,8,14H2,1H3,(H2,15,16,17,18). The Labute approximate surface area is 111 Å². The molecule has 0 radical (unpaired) electrons. The van der Waals surface area contributed by atoms with Crippen molar-refractivity contribution in [3.8, 4) is 5.75 Å². The van der Waals surface area contributed by atoms with Crippen LogP contribution in [0.4, 0.5) is 5.95 Å². The van der Waals surface area contributed by atoms with E-state index in [2.05, 4.69) is 15.3 Å². The fourth-order valence-corrected chi connectivity index (χ4v) is 1.71. The number of methoxy groups -OCH3 is 1. The molecule has 1 unspecified atom stereocenters. The van der Waals surface area contributed by atoms with E-state index in [1.165, 1.54) is 0 Å². The molecule has 2 aromatic rings. The van der Waals surface area contributed by atoms with E-state index in [1.807, 2.05) is 24.3 Å². The largest absolute Gasteiger partial charge is 0.497 e. The number of amides is 1. The van der Waals surface area contributed by atoms with Crippen LogP contribution in [0.15, 0.2) is 36.7 Å². The van der Waals surface area contributed by atoms with Crippen LogP contribution in [0.5, 0.6) is 5.75 Å². The zero-order chi connectivity index (χ0) is 13.7. The highest BCUT2D eigenvalue weighted by Crippen LogP contribution is 2.19. The quantitative estimate of drug-likeness (QED) is 0.758. The molecule has 1 aromatic heterocycles. The molecule has 1 aromatic carbocycles. The van der Waals surface area contributed by atoms with Gasteiger partial charge in [0.2, 0.25) is 11.9 Å². The molecule has 0 saturated carbocycles. The summed E-state index contributed by atoms with van der Waals surface area (Å²) >= 11 is 0. The predicted octanol–water partition coefficient (Wildman–Crippen LogP) is 1.45. The smallest absolute Gasteiger partial charge is 0.228 e. The minimum absolute atomic E-state index is 0.174. The Morgan fingerprint density at radius 1 is 1.58 bits per heavy atom. The molecule has 1 atom stereocenters. The van der Waals surface area contributed by atoms with Crippen molar-refractivity contribution in [2.24, 2.45) is 5.73 Å². The third-order valence-corrected chi connectivity index (χ3v) is 2.68. The number of carbonyl (C=O) groups is 1. The lowest BCUT2D eigenvalue weighted by atomic mass is 10.0. The lowest BCUT2D eigenvalue weighted by Gasteiger charge is -2.12. The van der Waals surface area contributed by atoms with Crippen molar-refractivity contribution in [3.05, 3.63) is 42.2 Å². The predicted molar refractivity (Wildman–Crippen MR) is 71.8 cm³/mol. The van der Waals surface area contributed by atoms with Gasteiger partial charge in [0.15, 0.2) is 0 Å². The molecule has 0 aliphatic heterocycles. The first kappa shape index (κ1) is 13.1. The molecule has 0 fully saturated rings. The van der Waals surface area contributed by atoms with Crippen LogP contribution >= 0.6 is 0 Å². The number of hydrogen-bond acceptors (Lipinski definition) is 4. The number of anilines is 1. The van der Waals surface area contributed by atoms with Gasteiger partial charge in [-0.25, -0.2) is 4.98 Å². The minimum atomic E-state index is -0.384. The summed E-state index contributed by atoms with van der Waals surface area (Å²) in [6, 6.07) is 6.99. The molecule has 2 rings (SSSR count). The number of H-pyrrole nitrogens is 1. The van der Waals surface area contributed by atoms with Crippen LogP contribution in [-0.4, -0.2) is 23.0 Å². The van der Waals surface area contributed by atoms with Crippen LogP contribution < -0.4 is 15.8 Å². The fourth-order valence-electron chi connectivity index (χ4n) is 1.71. The summed E-state index contributed by atoms with van der Waals surface area (Å²) in [6.07, 6.45) is 3.38. The molecule has 4 N–H and O–H groups in total. The molecule has 1 amide bonds. The molecular weight excluding hydrogens is 244 g/mol. The van der Waals surface area contributed by atoms with Gasteiger partial charge in [0.25, 0.3) is 0 Å². The molecule has 0 saturated heterocycles. The zero-order valence-corrected chi connectivity index (χ0v) is 10.6. The topological polar surface area (TPSA) is 93.0 Å². The summed E-state index contributed by atoms with van der Waals surface area (Å²) in [6.45, 7) is 0. The third kappa shape index (κ3) is 3.56. The van der Waals surface area contributed by atoms with Crippen molar-refractivity contribution >= 4 is 11.9 Å². The molecule has 100 valence electrons. The Morgan fingerprint density at radius 2 is 2.42 bits per heavy atom. The average Bonchev–Trinajstić information content (AvgIpc) is 2.91. The molecule has 0 spiro atoms. The van der Waals surface area contributed by atoms with E-state index in [0.717, 1.165) is 11.3 Å². The van der Waals surface area contributed by atoms with E-state index in [1.54, 1.807) is 19.5 Å². The van der Waals surface area contributed by atoms with Gasteiger partial charge in [0, 0.05) is 24.9 Å². The van der Waals surface area contributed by atoms with E-state index in [-0.39, 0.29) is 18.4 Å². The molecule has 0 bridgehead atoms. The number of hydrogen-bond donors (Lipinski definition) is 3. The van der Waals surface area contributed by atoms with E-state index >= 15 is 0 Å². The fraction of sp³-hybridized carbons (Fsp3) is 0.231. The summed E-state index contributed by atoms with van der Waals surface area (Å²) in [7, 11) is 1.59. The average molecular weight is 260 g/mol. The summed E-state index contributed by atoms with van der Waals surface area (Å²) in [5, 5.41) is 2.63. The van der Waals surface area contributed by atoms with Crippen LogP contribution in [-0.2, 0) is 4.79 Å². The van der Waals surface area contributed by atoms with Gasteiger partial charge in [-0.3, -0.25) is 10.1 Å². The molecule has 6 nitrogen and oxygen atoms in total.